The molecule has 0 heterocycles. The summed E-state index contributed by atoms with van der Waals surface area (Å²) in [5.74, 6) is 2.37. The maximum Gasteiger partial charge on any atom is 0.713 e. The fourth-order valence-corrected chi connectivity index (χ4v) is 4.31. The van der Waals surface area contributed by atoms with Crippen LogP contribution in [-0.4, -0.2) is 20.0 Å². The zero-order chi connectivity index (χ0) is 23.4. The Hall–Kier alpha value is -0.995. The topological polar surface area (TPSA) is 27.7 Å². The summed E-state index contributed by atoms with van der Waals surface area (Å²) in [6.45, 7) is 23.2. The van der Waals surface area contributed by atoms with Crippen LogP contribution in [-0.2, 0) is 20.1 Å². The van der Waals surface area contributed by atoms with E-state index in [1.165, 1.54) is 23.1 Å². The van der Waals surface area contributed by atoms with Crippen LogP contribution in [0.2, 0.25) is 0 Å². The molecule has 0 bridgehead atoms. The predicted molar refractivity (Wildman–Crippen MR) is 133 cm³/mol. The van der Waals surface area contributed by atoms with E-state index < -0.39 is 7.32 Å². The summed E-state index contributed by atoms with van der Waals surface area (Å²) < 4.78 is 19.3. The molecule has 0 spiro atoms. The predicted octanol–water partition coefficient (Wildman–Crippen LogP) is 7.61. The van der Waals surface area contributed by atoms with Gasteiger partial charge in [0.1, 0.15) is 5.75 Å². The van der Waals surface area contributed by atoms with Gasteiger partial charge >= 0.3 is 7.32 Å². The Morgan fingerprint density at radius 3 is 2.00 bits per heavy atom. The van der Waals surface area contributed by atoms with Crippen LogP contribution in [0.15, 0.2) is 12.1 Å². The second-order valence-electron chi connectivity index (χ2n) is 11.8. The third-order valence-electron chi connectivity index (χ3n) is 6.67. The van der Waals surface area contributed by atoms with Gasteiger partial charge in [0.25, 0.3) is 0 Å². The Labute approximate surface area is 192 Å². The van der Waals surface area contributed by atoms with E-state index in [1.807, 2.05) is 0 Å². The minimum Gasteiger partial charge on any atom is -0.511 e. The number of hydrogen-bond donors (Lipinski definition) is 0. The number of rotatable bonds is 8. The Morgan fingerprint density at radius 2 is 1.52 bits per heavy atom. The Bertz CT molecular complexity index is 666. The zero-order valence-corrected chi connectivity index (χ0v) is 21.9. The molecule has 0 amide bonds. The summed E-state index contributed by atoms with van der Waals surface area (Å²) in [5, 5.41) is 0. The van der Waals surface area contributed by atoms with Crippen LogP contribution in [0, 0.1) is 18.8 Å². The van der Waals surface area contributed by atoms with E-state index in [-0.39, 0.29) is 16.9 Å². The van der Waals surface area contributed by atoms with Crippen molar-refractivity contribution in [3.8, 4) is 5.75 Å². The molecule has 1 aromatic carbocycles. The molecule has 0 aliphatic heterocycles. The second-order valence-corrected chi connectivity index (χ2v) is 11.8. The van der Waals surface area contributed by atoms with E-state index >= 15 is 0 Å². The van der Waals surface area contributed by atoms with Gasteiger partial charge in [-0.3, -0.25) is 0 Å². The summed E-state index contributed by atoms with van der Waals surface area (Å²) in [6.07, 6.45) is 5.65. The highest BCUT2D eigenvalue weighted by molar-refractivity contribution is 6.37. The van der Waals surface area contributed by atoms with Gasteiger partial charge in [-0.2, -0.15) is 0 Å². The minimum absolute atomic E-state index is 0.0376. The highest BCUT2D eigenvalue weighted by Gasteiger charge is 2.36. The monoisotopic (exact) mass is 430 g/mol. The van der Waals surface area contributed by atoms with Crippen molar-refractivity contribution >= 4 is 7.32 Å². The van der Waals surface area contributed by atoms with Crippen LogP contribution in [0.1, 0.15) is 111 Å². The van der Waals surface area contributed by atoms with Crippen molar-refractivity contribution in [3.63, 3.8) is 0 Å². The van der Waals surface area contributed by atoms with E-state index in [9.17, 15) is 0 Å². The third kappa shape index (κ3) is 7.53. The van der Waals surface area contributed by atoms with Crippen molar-refractivity contribution in [2.45, 2.75) is 118 Å². The molecule has 0 radical (unpaired) electrons. The minimum atomic E-state index is -0.665. The maximum absolute atomic E-state index is 6.65. The summed E-state index contributed by atoms with van der Waals surface area (Å²) in [4.78, 5) is 0. The summed E-state index contributed by atoms with van der Waals surface area (Å²) in [5.41, 5.74) is 3.63. The highest BCUT2D eigenvalue weighted by atomic mass is 16.7. The molecule has 3 unspecified atom stereocenters. The van der Waals surface area contributed by atoms with Crippen LogP contribution in [0.3, 0.4) is 0 Å². The zero-order valence-electron chi connectivity index (χ0n) is 21.9. The summed E-state index contributed by atoms with van der Waals surface area (Å²) >= 11 is 0. The molecule has 1 aliphatic carbocycles. The van der Waals surface area contributed by atoms with Crippen molar-refractivity contribution in [2.24, 2.45) is 11.8 Å². The lowest BCUT2D eigenvalue weighted by atomic mass is 9.78. The lowest BCUT2D eigenvalue weighted by Gasteiger charge is -2.35. The SMILES string of the molecule is CCCCOB(Oc1c(C(C)(C)C)cc(C)cc1C(C)(C)C)OC1CCC(C)C(C)C1. The second kappa shape index (κ2) is 10.7. The maximum atomic E-state index is 6.65. The molecule has 3 nitrogen and oxygen atoms in total. The smallest absolute Gasteiger partial charge is 0.511 e. The van der Waals surface area contributed by atoms with E-state index in [1.54, 1.807) is 0 Å². The third-order valence-corrected chi connectivity index (χ3v) is 6.67. The van der Waals surface area contributed by atoms with E-state index in [4.69, 9.17) is 14.0 Å². The molecule has 2 rings (SSSR count). The van der Waals surface area contributed by atoms with E-state index in [0.29, 0.717) is 12.5 Å². The van der Waals surface area contributed by atoms with Crippen LogP contribution >= 0.6 is 0 Å². The summed E-state index contributed by atoms with van der Waals surface area (Å²) in [7, 11) is -0.665. The van der Waals surface area contributed by atoms with Crippen LogP contribution in [0.25, 0.3) is 0 Å². The molecule has 0 saturated heterocycles. The van der Waals surface area contributed by atoms with Crippen LogP contribution < -0.4 is 4.65 Å². The average Bonchev–Trinajstić information content (AvgIpc) is 2.64. The van der Waals surface area contributed by atoms with Gasteiger partial charge < -0.3 is 14.0 Å². The number of hydrogen-bond acceptors (Lipinski definition) is 3. The fourth-order valence-electron chi connectivity index (χ4n) is 4.31. The molecule has 4 heteroatoms. The lowest BCUT2D eigenvalue weighted by molar-refractivity contribution is 0.0432. The van der Waals surface area contributed by atoms with Crippen molar-refractivity contribution < 1.29 is 14.0 Å². The Balaban J connectivity index is 2.37. The molecule has 1 saturated carbocycles. The van der Waals surface area contributed by atoms with Crippen molar-refractivity contribution in [2.75, 3.05) is 6.61 Å². The van der Waals surface area contributed by atoms with Gasteiger partial charge in [0.2, 0.25) is 0 Å². The van der Waals surface area contributed by atoms with Gasteiger partial charge in [-0.1, -0.05) is 86.4 Å². The van der Waals surface area contributed by atoms with Gasteiger partial charge in [0, 0.05) is 12.7 Å². The highest BCUT2D eigenvalue weighted by Crippen LogP contribution is 2.41. The number of aryl methyl sites for hydroxylation is 1. The van der Waals surface area contributed by atoms with E-state index in [2.05, 4.69) is 81.4 Å². The van der Waals surface area contributed by atoms with Gasteiger partial charge in [-0.05, 0) is 66.4 Å². The van der Waals surface area contributed by atoms with E-state index in [0.717, 1.165) is 37.4 Å². The first kappa shape index (κ1) is 26.3. The lowest BCUT2D eigenvalue weighted by Crippen LogP contribution is -2.39. The fraction of sp³-hybridized carbons (Fsp3) is 0.778. The molecule has 1 fully saturated rings. The van der Waals surface area contributed by atoms with Crippen molar-refractivity contribution in [1.82, 2.24) is 0 Å². The number of benzene rings is 1. The molecule has 1 aliphatic rings. The summed E-state index contributed by atoms with van der Waals surface area (Å²) in [6, 6.07) is 4.52. The first-order valence-corrected chi connectivity index (χ1v) is 12.4. The Morgan fingerprint density at radius 1 is 0.935 bits per heavy atom. The van der Waals surface area contributed by atoms with Crippen LogP contribution in [0.5, 0.6) is 5.75 Å². The first-order chi connectivity index (χ1) is 14.3. The molecule has 1 aromatic rings. The first-order valence-electron chi connectivity index (χ1n) is 12.4. The molecule has 176 valence electrons. The number of unbranched alkanes of at least 4 members (excludes halogenated alkanes) is 1. The van der Waals surface area contributed by atoms with Crippen molar-refractivity contribution in [1.29, 1.82) is 0 Å². The average molecular weight is 430 g/mol. The van der Waals surface area contributed by atoms with Gasteiger partial charge in [-0.15, -0.1) is 0 Å². The molecular weight excluding hydrogens is 383 g/mol. The van der Waals surface area contributed by atoms with Gasteiger partial charge in [0.05, 0.1) is 0 Å². The van der Waals surface area contributed by atoms with Gasteiger partial charge in [-0.25, -0.2) is 0 Å². The van der Waals surface area contributed by atoms with Gasteiger partial charge in [0.15, 0.2) is 0 Å². The van der Waals surface area contributed by atoms with Crippen LogP contribution in [0.4, 0.5) is 0 Å². The Kier molecular flexibility index (Phi) is 9.10. The normalized spacial score (nSPS) is 22.5. The molecule has 0 N–H and O–H groups in total. The quantitative estimate of drug-likeness (QED) is 0.314. The largest absolute Gasteiger partial charge is 0.713 e. The van der Waals surface area contributed by atoms with Crippen molar-refractivity contribution in [3.05, 3.63) is 28.8 Å². The molecule has 3 atom stereocenters. The molecular formula is C27H47BO3. The standard InChI is InChI=1S/C27H47BO3/c1-11-12-15-29-28(30-22-14-13-20(3)21(4)18-22)31-25-23(26(5,6)7)16-19(2)17-24(25)27(8,9)10/h16-17,20-22H,11-15,18H2,1-10H3. The molecule has 0 aromatic heterocycles. The molecule has 31 heavy (non-hydrogen) atoms.